The molecule has 25 heavy (non-hydrogen) atoms. The Balaban J connectivity index is 2.04. The van der Waals surface area contributed by atoms with E-state index in [1.165, 1.54) is 10.5 Å². The van der Waals surface area contributed by atoms with E-state index in [-0.39, 0.29) is 13.1 Å². The van der Waals surface area contributed by atoms with Crippen LogP contribution < -0.4 is 4.90 Å². The van der Waals surface area contributed by atoms with Gasteiger partial charge in [-0.3, -0.25) is 5.10 Å². The number of nitrogens with zero attached hydrogens (tertiary/aromatic N) is 3. The van der Waals surface area contributed by atoms with Crippen molar-refractivity contribution >= 4 is 26.6 Å². The molecule has 0 saturated carbocycles. The van der Waals surface area contributed by atoms with E-state index in [1.54, 1.807) is 18.7 Å². The van der Waals surface area contributed by atoms with E-state index >= 15 is 0 Å². The van der Waals surface area contributed by atoms with E-state index in [0.717, 1.165) is 18.4 Å². The minimum absolute atomic E-state index is 0.206. The SMILES string of the molecule is CC1(C)CN(c2cc(C(F)(F)F)cc3cn[nH]c23)CCN1S(C)(=O)=O. The molecule has 0 radical (unpaired) electrons. The molecular weight excluding hydrogens is 357 g/mol. The number of fused-ring (bicyclic) bond motifs is 1. The van der Waals surface area contributed by atoms with Crippen LogP contribution in [-0.4, -0.2) is 54.3 Å². The fourth-order valence-electron chi connectivity index (χ4n) is 3.41. The smallest absolute Gasteiger partial charge is 0.367 e. The summed E-state index contributed by atoms with van der Waals surface area (Å²) in [6, 6.07) is 2.15. The van der Waals surface area contributed by atoms with Gasteiger partial charge in [0.05, 0.1) is 29.2 Å². The number of piperazine rings is 1. The summed E-state index contributed by atoms with van der Waals surface area (Å²) < 4.78 is 64.9. The van der Waals surface area contributed by atoms with Crippen LogP contribution >= 0.6 is 0 Å². The van der Waals surface area contributed by atoms with E-state index < -0.39 is 27.3 Å². The molecule has 1 aromatic carbocycles. The zero-order chi connectivity index (χ0) is 18.6. The first kappa shape index (κ1) is 18.0. The van der Waals surface area contributed by atoms with Gasteiger partial charge in [0.1, 0.15) is 0 Å². The lowest BCUT2D eigenvalue weighted by Crippen LogP contribution is -2.60. The van der Waals surface area contributed by atoms with Crippen LogP contribution in [0.5, 0.6) is 0 Å². The summed E-state index contributed by atoms with van der Waals surface area (Å²) in [5.41, 5.74) is -0.605. The van der Waals surface area contributed by atoms with Gasteiger partial charge in [0.25, 0.3) is 0 Å². The van der Waals surface area contributed by atoms with Crippen LogP contribution in [0.4, 0.5) is 18.9 Å². The Hall–Kier alpha value is -1.81. The molecule has 0 atom stereocenters. The van der Waals surface area contributed by atoms with Crippen LogP contribution in [0.1, 0.15) is 19.4 Å². The molecule has 0 unspecified atom stereocenters. The average molecular weight is 376 g/mol. The number of halogens is 3. The molecule has 0 bridgehead atoms. The van der Waals surface area contributed by atoms with Gasteiger partial charge < -0.3 is 4.90 Å². The number of benzene rings is 1. The van der Waals surface area contributed by atoms with Crippen LogP contribution in [0.15, 0.2) is 18.3 Å². The lowest BCUT2D eigenvalue weighted by molar-refractivity contribution is -0.137. The van der Waals surface area contributed by atoms with Gasteiger partial charge >= 0.3 is 6.18 Å². The van der Waals surface area contributed by atoms with Crippen molar-refractivity contribution < 1.29 is 21.6 Å². The molecule has 1 aromatic heterocycles. The lowest BCUT2D eigenvalue weighted by atomic mass is 10.0. The van der Waals surface area contributed by atoms with E-state index in [1.807, 2.05) is 0 Å². The topological polar surface area (TPSA) is 69.3 Å². The van der Waals surface area contributed by atoms with Crippen molar-refractivity contribution in [3.63, 3.8) is 0 Å². The monoisotopic (exact) mass is 376 g/mol. The third-order valence-corrected chi connectivity index (χ3v) is 5.90. The first-order chi connectivity index (χ1) is 11.4. The number of sulfonamides is 1. The highest BCUT2D eigenvalue weighted by atomic mass is 32.2. The molecule has 1 fully saturated rings. The molecule has 1 saturated heterocycles. The standard InChI is InChI=1S/C15H19F3N4O2S/c1-14(2)9-21(4-5-22(14)25(3,23)24)12-7-11(15(16,17)18)6-10-8-19-20-13(10)12/h6-8H,4-5,9H2,1-3H3,(H,19,20). The highest BCUT2D eigenvalue weighted by Gasteiger charge is 2.40. The van der Waals surface area contributed by atoms with Crippen molar-refractivity contribution in [2.75, 3.05) is 30.8 Å². The third-order valence-electron chi connectivity index (χ3n) is 4.42. The Morgan fingerprint density at radius 2 is 1.92 bits per heavy atom. The van der Waals surface area contributed by atoms with Crippen LogP contribution in [0.25, 0.3) is 10.9 Å². The maximum Gasteiger partial charge on any atom is 0.416 e. The van der Waals surface area contributed by atoms with Crippen molar-refractivity contribution in [1.29, 1.82) is 0 Å². The third kappa shape index (κ3) is 3.32. The molecule has 6 nitrogen and oxygen atoms in total. The Morgan fingerprint density at radius 3 is 2.48 bits per heavy atom. The van der Waals surface area contributed by atoms with Crippen LogP contribution in [0, 0.1) is 0 Å². The van der Waals surface area contributed by atoms with Gasteiger partial charge in [-0.2, -0.15) is 22.6 Å². The number of hydrogen-bond donors (Lipinski definition) is 1. The fraction of sp³-hybridized carbons (Fsp3) is 0.533. The maximum absolute atomic E-state index is 13.2. The van der Waals surface area contributed by atoms with Gasteiger partial charge in [0.15, 0.2) is 0 Å². The predicted molar refractivity (Wildman–Crippen MR) is 88.9 cm³/mol. The van der Waals surface area contributed by atoms with Gasteiger partial charge in [-0.05, 0) is 26.0 Å². The number of aromatic nitrogens is 2. The minimum atomic E-state index is -4.47. The number of rotatable bonds is 2. The fourth-order valence-corrected chi connectivity index (χ4v) is 4.78. The summed E-state index contributed by atoms with van der Waals surface area (Å²) in [5, 5.41) is 6.96. The highest BCUT2D eigenvalue weighted by molar-refractivity contribution is 7.88. The van der Waals surface area contributed by atoms with Crippen molar-refractivity contribution in [3.05, 3.63) is 23.9 Å². The average Bonchev–Trinajstić information content (AvgIpc) is 2.90. The lowest BCUT2D eigenvalue weighted by Gasteiger charge is -2.46. The molecule has 2 heterocycles. The van der Waals surface area contributed by atoms with Crippen LogP contribution in [-0.2, 0) is 16.2 Å². The molecule has 10 heteroatoms. The number of alkyl halides is 3. The zero-order valence-electron chi connectivity index (χ0n) is 14.1. The van der Waals surface area contributed by atoms with Gasteiger partial charge in [-0.15, -0.1) is 0 Å². The minimum Gasteiger partial charge on any atom is -0.367 e. The van der Waals surface area contributed by atoms with Crippen molar-refractivity contribution in [1.82, 2.24) is 14.5 Å². The molecule has 1 N–H and O–H groups in total. The molecule has 1 aliphatic rings. The molecule has 1 aliphatic heterocycles. The quantitative estimate of drug-likeness (QED) is 0.874. The Kier molecular flexibility index (Phi) is 4.03. The van der Waals surface area contributed by atoms with Gasteiger partial charge in [0.2, 0.25) is 10.0 Å². The predicted octanol–water partition coefficient (Wildman–Crippen LogP) is 2.44. The van der Waals surface area contributed by atoms with Crippen LogP contribution in [0.3, 0.4) is 0 Å². The van der Waals surface area contributed by atoms with E-state index in [4.69, 9.17) is 0 Å². The summed E-state index contributed by atoms with van der Waals surface area (Å²) >= 11 is 0. The molecule has 0 spiro atoms. The zero-order valence-corrected chi connectivity index (χ0v) is 14.9. The molecule has 0 amide bonds. The Labute approximate surface area is 143 Å². The summed E-state index contributed by atoms with van der Waals surface area (Å²) in [6.45, 7) is 4.30. The number of H-pyrrole nitrogens is 1. The molecule has 0 aliphatic carbocycles. The number of aromatic amines is 1. The summed E-state index contributed by atoms with van der Waals surface area (Å²) in [5.74, 6) is 0. The molecule has 3 rings (SSSR count). The Bertz CT molecular complexity index is 905. The first-order valence-electron chi connectivity index (χ1n) is 7.67. The second-order valence-corrected chi connectivity index (χ2v) is 8.80. The summed E-state index contributed by atoms with van der Waals surface area (Å²) in [4.78, 5) is 1.78. The Morgan fingerprint density at radius 1 is 1.24 bits per heavy atom. The second kappa shape index (κ2) is 5.60. The number of nitrogens with one attached hydrogen (secondary N) is 1. The molecular formula is C15H19F3N4O2S. The first-order valence-corrected chi connectivity index (χ1v) is 9.51. The number of anilines is 1. The number of hydrogen-bond acceptors (Lipinski definition) is 4. The second-order valence-electron chi connectivity index (χ2n) is 6.90. The van der Waals surface area contributed by atoms with Gasteiger partial charge in [-0.1, -0.05) is 0 Å². The van der Waals surface area contributed by atoms with Gasteiger partial charge in [0, 0.05) is 30.6 Å². The molecule has 138 valence electrons. The largest absolute Gasteiger partial charge is 0.416 e. The summed E-state index contributed by atoms with van der Waals surface area (Å²) in [6.07, 6.45) is -1.97. The van der Waals surface area contributed by atoms with Crippen molar-refractivity contribution in [2.45, 2.75) is 25.6 Å². The van der Waals surface area contributed by atoms with E-state index in [0.29, 0.717) is 23.1 Å². The molecule has 2 aromatic rings. The van der Waals surface area contributed by atoms with E-state index in [2.05, 4.69) is 10.2 Å². The highest BCUT2D eigenvalue weighted by Crippen LogP contribution is 2.37. The summed E-state index contributed by atoms with van der Waals surface area (Å²) in [7, 11) is -3.40. The van der Waals surface area contributed by atoms with E-state index in [9.17, 15) is 21.6 Å². The van der Waals surface area contributed by atoms with Crippen molar-refractivity contribution in [3.8, 4) is 0 Å². The van der Waals surface area contributed by atoms with Gasteiger partial charge in [-0.25, -0.2) is 8.42 Å². The normalized spacial score (nSPS) is 19.5. The van der Waals surface area contributed by atoms with Crippen LogP contribution in [0.2, 0.25) is 0 Å². The van der Waals surface area contributed by atoms with Crippen molar-refractivity contribution in [2.24, 2.45) is 0 Å². The maximum atomic E-state index is 13.2.